The number of hydrogen-bond acceptors (Lipinski definition) is 3. The first-order valence-electron chi connectivity index (χ1n) is 10.1. The fourth-order valence-corrected chi connectivity index (χ4v) is 3.18. The van der Waals surface area contributed by atoms with Gasteiger partial charge >= 0.3 is 0 Å². The number of ether oxygens (including phenoxy) is 1. The Kier molecular flexibility index (Phi) is 7.98. The lowest BCUT2D eigenvalue weighted by Gasteiger charge is -2.33. The van der Waals surface area contributed by atoms with Crippen molar-refractivity contribution in [1.29, 1.82) is 0 Å². The summed E-state index contributed by atoms with van der Waals surface area (Å²) >= 11 is 0. The van der Waals surface area contributed by atoms with Crippen LogP contribution in [0.15, 0.2) is 48.5 Å². The monoisotopic (exact) mass is 414 g/mol. The minimum absolute atomic E-state index is 0.157. The molecule has 5 nitrogen and oxygen atoms in total. The molecule has 0 spiro atoms. The zero-order valence-corrected chi connectivity index (χ0v) is 18.4. The summed E-state index contributed by atoms with van der Waals surface area (Å²) in [5.41, 5.74) is 1.18. The summed E-state index contributed by atoms with van der Waals surface area (Å²) in [6.07, 6.45) is 0.627. The Balaban J connectivity index is 2.28. The van der Waals surface area contributed by atoms with Gasteiger partial charge in [-0.05, 0) is 62.6 Å². The minimum atomic E-state index is -0.625. The summed E-state index contributed by atoms with van der Waals surface area (Å²) < 4.78 is 18.5. The number of hydrogen-bond donors (Lipinski definition) is 1. The second-order valence-corrected chi connectivity index (χ2v) is 8.34. The molecule has 2 rings (SSSR count). The van der Waals surface area contributed by atoms with E-state index in [9.17, 15) is 14.0 Å². The second-order valence-electron chi connectivity index (χ2n) is 8.34. The van der Waals surface area contributed by atoms with E-state index in [4.69, 9.17) is 4.74 Å². The molecule has 2 aromatic rings. The molecule has 0 aliphatic heterocycles. The first-order valence-corrected chi connectivity index (χ1v) is 10.1. The van der Waals surface area contributed by atoms with E-state index in [1.165, 1.54) is 12.1 Å². The lowest BCUT2D eigenvalue weighted by molar-refractivity contribution is -0.141. The molecule has 1 atom stereocenters. The van der Waals surface area contributed by atoms with Crippen LogP contribution >= 0.6 is 0 Å². The highest BCUT2D eigenvalue weighted by atomic mass is 19.1. The summed E-state index contributed by atoms with van der Waals surface area (Å²) in [5, 5.41) is 2.97. The zero-order chi connectivity index (χ0) is 22.3. The third kappa shape index (κ3) is 6.87. The van der Waals surface area contributed by atoms with Crippen LogP contribution in [0.3, 0.4) is 0 Å². The van der Waals surface area contributed by atoms with Crippen LogP contribution in [0.25, 0.3) is 0 Å². The van der Waals surface area contributed by atoms with Gasteiger partial charge in [0.15, 0.2) is 0 Å². The molecule has 2 aromatic carbocycles. The van der Waals surface area contributed by atoms with E-state index >= 15 is 0 Å². The first-order chi connectivity index (χ1) is 14.1. The third-order valence-corrected chi connectivity index (χ3v) is 4.66. The van der Waals surface area contributed by atoms with E-state index in [1.54, 1.807) is 36.3 Å². The fourth-order valence-electron chi connectivity index (χ4n) is 3.18. The Bertz CT molecular complexity index is 842. The van der Waals surface area contributed by atoms with E-state index in [0.717, 1.165) is 11.1 Å². The SMILES string of the molecule is CC[C@@H](C(=O)NC(C)(C)C)N(Cc1ccc(F)cc1)C(=O)Cc1ccc(OC)cc1. The Labute approximate surface area is 178 Å². The van der Waals surface area contributed by atoms with Gasteiger partial charge in [0.1, 0.15) is 17.6 Å². The molecular formula is C24H31FN2O3. The van der Waals surface area contributed by atoms with Gasteiger partial charge in [-0.2, -0.15) is 0 Å². The molecule has 162 valence electrons. The molecule has 0 fully saturated rings. The number of benzene rings is 2. The van der Waals surface area contributed by atoms with Crippen LogP contribution in [0.5, 0.6) is 5.75 Å². The second kappa shape index (κ2) is 10.2. The van der Waals surface area contributed by atoms with Gasteiger partial charge in [0.05, 0.1) is 13.5 Å². The number of methoxy groups -OCH3 is 1. The molecule has 0 bridgehead atoms. The van der Waals surface area contributed by atoms with Gasteiger partial charge in [-0.1, -0.05) is 31.2 Å². The van der Waals surface area contributed by atoms with Gasteiger partial charge in [-0.3, -0.25) is 9.59 Å². The maximum absolute atomic E-state index is 13.3. The van der Waals surface area contributed by atoms with Crippen molar-refractivity contribution in [1.82, 2.24) is 10.2 Å². The maximum Gasteiger partial charge on any atom is 0.243 e. The number of nitrogens with zero attached hydrogens (tertiary/aromatic N) is 1. The molecule has 0 aromatic heterocycles. The van der Waals surface area contributed by atoms with Gasteiger partial charge in [-0.15, -0.1) is 0 Å². The summed E-state index contributed by atoms with van der Waals surface area (Å²) in [5.74, 6) is 0.00771. The number of nitrogens with one attached hydrogen (secondary N) is 1. The smallest absolute Gasteiger partial charge is 0.243 e. The standard InChI is InChI=1S/C24H31FN2O3/c1-6-21(23(29)26-24(2,3)4)27(16-18-7-11-19(25)12-8-18)22(28)15-17-9-13-20(30-5)14-10-17/h7-14,21H,6,15-16H2,1-5H3,(H,26,29)/t21-/m0/s1. The quantitative estimate of drug-likeness (QED) is 0.708. The highest BCUT2D eigenvalue weighted by Gasteiger charge is 2.30. The van der Waals surface area contributed by atoms with Crippen LogP contribution in [0.1, 0.15) is 45.2 Å². The largest absolute Gasteiger partial charge is 0.497 e. The number of halogens is 1. The van der Waals surface area contributed by atoms with Crippen LogP contribution in [0.2, 0.25) is 0 Å². The molecule has 0 radical (unpaired) electrons. The molecule has 2 amide bonds. The van der Waals surface area contributed by atoms with Gasteiger partial charge in [-0.25, -0.2) is 4.39 Å². The summed E-state index contributed by atoms with van der Waals surface area (Å²) in [4.78, 5) is 27.8. The summed E-state index contributed by atoms with van der Waals surface area (Å²) in [6, 6.07) is 12.6. The van der Waals surface area contributed by atoms with Crippen molar-refractivity contribution in [2.24, 2.45) is 0 Å². The Morgan fingerprint density at radius 2 is 1.60 bits per heavy atom. The molecular weight excluding hydrogens is 383 g/mol. The number of carbonyl (C=O) groups is 2. The van der Waals surface area contributed by atoms with E-state index < -0.39 is 11.6 Å². The zero-order valence-electron chi connectivity index (χ0n) is 18.4. The molecule has 0 unspecified atom stereocenters. The molecule has 0 saturated heterocycles. The Hall–Kier alpha value is -2.89. The average molecular weight is 415 g/mol. The van der Waals surface area contributed by atoms with Crippen LogP contribution in [0.4, 0.5) is 4.39 Å². The molecule has 0 saturated carbocycles. The van der Waals surface area contributed by atoms with Crippen LogP contribution in [-0.2, 0) is 22.6 Å². The van der Waals surface area contributed by atoms with Crippen LogP contribution in [0, 0.1) is 5.82 Å². The summed E-state index contributed by atoms with van der Waals surface area (Å²) in [6.45, 7) is 7.82. The van der Waals surface area contributed by atoms with Crippen molar-refractivity contribution in [3.05, 3.63) is 65.5 Å². The van der Waals surface area contributed by atoms with Gasteiger partial charge in [0.25, 0.3) is 0 Å². The Morgan fingerprint density at radius 3 is 2.10 bits per heavy atom. The van der Waals surface area contributed by atoms with E-state index in [-0.39, 0.29) is 30.6 Å². The lowest BCUT2D eigenvalue weighted by atomic mass is 10.0. The third-order valence-electron chi connectivity index (χ3n) is 4.66. The van der Waals surface area contributed by atoms with E-state index in [1.807, 2.05) is 39.8 Å². The van der Waals surface area contributed by atoms with Gasteiger partial charge in [0, 0.05) is 12.1 Å². The van der Waals surface area contributed by atoms with Crippen LogP contribution < -0.4 is 10.1 Å². The van der Waals surface area contributed by atoms with E-state index in [2.05, 4.69) is 5.32 Å². The topological polar surface area (TPSA) is 58.6 Å². The molecule has 0 heterocycles. The van der Waals surface area contributed by atoms with Crippen LogP contribution in [-0.4, -0.2) is 35.4 Å². The fraction of sp³-hybridized carbons (Fsp3) is 0.417. The Morgan fingerprint density at radius 1 is 1.03 bits per heavy atom. The highest BCUT2D eigenvalue weighted by Crippen LogP contribution is 2.17. The summed E-state index contributed by atoms with van der Waals surface area (Å²) in [7, 11) is 1.59. The first kappa shape index (κ1) is 23.4. The molecule has 0 aliphatic rings. The lowest BCUT2D eigenvalue weighted by Crippen LogP contribution is -2.53. The minimum Gasteiger partial charge on any atom is -0.497 e. The van der Waals surface area contributed by atoms with Crippen molar-refractivity contribution in [2.75, 3.05) is 7.11 Å². The van der Waals surface area contributed by atoms with Gasteiger partial charge < -0.3 is 15.0 Å². The van der Waals surface area contributed by atoms with Crippen molar-refractivity contribution in [3.8, 4) is 5.75 Å². The normalized spacial score (nSPS) is 12.2. The van der Waals surface area contributed by atoms with Crippen molar-refractivity contribution in [3.63, 3.8) is 0 Å². The predicted octanol–water partition coefficient (Wildman–Crippen LogP) is 4.10. The van der Waals surface area contributed by atoms with E-state index in [0.29, 0.717) is 12.2 Å². The van der Waals surface area contributed by atoms with Crippen molar-refractivity contribution < 1.29 is 18.7 Å². The molecule has 6 heteroatoms. The van der Waals surface area contributed by atoms with Gasteiger partial charge in [0.2, 0.25) is 11.8 Å². The molecule has 0 aliphatic carbocycles. The molecule has 1 N–H and O–H groups in total. The predicted molar refractivity (Wildman–Crippen MR) is 116 cm³/mol. The van der Waals surface area contributed by atoms with Crippen molar-refractivity contribution in [2.45, 2.75) is 58.7 Å². The number of rotatable bonds is 8. The maximum atomic E-state index is 13.3. The average Bonchev–Trinajstić information content (AvgIpc) is 2.68. The number of carbonyl (C=O) groups excluding carboxylic acids is 2. The highest BCUT2D eigenvalue weighted by molar-refractivity contribution is 5.88. The number of amides is 2. The molecule has 30 heavy (non-hydrogen) atoms. The van der Waals surface area contributed by atoms with Crippen molar-refractivity contribution >= 4 is 11.8 Å².